The van der Waals surface area contributed by atoms with Gasteiger partial charge in [-0.05, 0) is 45.2 Å². The fourth-order valence-corrected chi connectivity index (χ4v) is 2.55. The van der Waals surface area contributed by atoms with Gasteiger partial charge in [0, 0.05) is 17.8 Å². The zero-order valence-corrected chi connectivity index (χ0v) is 15.0. The Bertz CT molecular complexity index is 733. The molecule has 0 amide bonds. The first-order valence-electron chi connectivity index (χ1n) is 8.17. The predicted octanol–water partition coefficient (Wildman–Crippen LogP) is 5.37. The van der Waals surface area contributed by atoms with Crippen LogP contribution in [0.5, 0.6) is 0 Å². The van der Waals surface area contributed by atoms with E-state index in [0.29, 0.717) is 0 Å². The second-order valence-corrected chi connectivity index (χ2v) is 6.31. The highest BCUT2D eigenvalue weighted by Gasteiger charge is 2.34. The first-order chi connectivity index (χ1) is 11.6. The van der Waals surface area contributed by atoms with Crippen molar-refractivity contribution < 1.29 is 13.2 Å². The molecule has 2 aromatic rings. The third kappa shape index (κ3) is 4.84. The first-order valence-corrected chi connectivity index (χ1v) is 8.17. The summed E-state index contributed by atoms with van der Waals surface area (Å²) in [5.41, 5.74) is 2.77. The summed E-state index contributed by atoms with van der Waals surface area (Å²) in [5, 5.41) is 5.93. The SMILES string of the molecule is CC[C@H](C)Nc1nc(Nc2c(C)cc(C)cc2C)cc(C(F)(F)F)n1. The Kier molecular flexibility index (Phi) is 5.55. The van der Waals surface area contributed by atoms with Crippen LogP contribution in [0, 0.1) is 20.8 Å². The number of aromatic nitrogens is 2. The third-order valence-corrected chi connectivity index (χ3v) is 3.93. The number of rotatable bonds is 5. The summed E-state index contributed by atoms with van der Waals surface area (Å²) < 4.78 is 39.5. The van der Waals surface area contributed by atoms with Gasteiger partial charge in [0.05, 0.1) is 0 Å². The van der Waals surface area contributed by atoms with Crippen LogP contribution in [0.1, 0.15) is 42.7 Å². The maximum Gasteiger partial charge on any atom is 0.433 e. The van der Waals surface area contributed by atoms with Crippen LogP contribution in [0.25, 0.3) is 0 Å². The summed E-state index contributed by atoms with van der Waals surface area (Å²) in [6.07, 6.45) is -3.79. The van der Waals surface area contributed by atoms with Crippen molar-refractivity contribution in [1.29, 1.82) is 0 Å². The maximum atomic E-state index is 13.2. The van der Waals surface area contributed by atoms with Gasteiger partial charge in [-0.25, -0.2) is 4.98 Å². The van der Waals surface area contributed by atoms with Crippen molar-refractivity contribution in [1.82, 2.24) is 9.97 Å². The van der Waals surface area contributed by atoms with Gasteiger partial charge in [-0.15, -0.1) is 0 Å². The molecule has 25 heavy (non-hydrogen) atoms. The van der Waals surface area contributed by atoms with E-state index >= 15 is 0 Å². The first kappa shape index (κ1) is 19.0. The molecule has 2 rings (SSSR count). The molecule has 0 aliphatic carbocycles. The predicted molar refractivity (Wildman–Crippen MR) is 94.3 cm³/mol. The van der Waals surface area contributed by atoms with Crippen molar-refractivity contribution in [3.05, 3.63) is 40.6 Å². The monoisotopic (exact) mass is 352 g/mol. The minimum atomic E-state index is -4.54. The number of nitrogens with zero attached hydrogens (tertiary/aromatic N) is 2. The van der Waals surface area contributed by atoms with Crippen LogP contribution in [0.3, 0.4) is 0 Å². The lowest BCUT2D eigenvalue weighted by Gasteiger charge is -2.17. The van der Waals surface area contributed by atoms with Gasteiger partial charge < -0.3 is 10.6 Å². The summed E-state index contributed by atoms with van der Waals surface area (Å²) in [6, 6.07) is 4.85. The Balaban J connectivity index is 2.44. The van der Waals surface area contributed by atoms with Gasteiger partial charge >= 0.3 is 6.18 Å². The molecule has 0 fully saturated rings. The molecule has 4 nitrogen and oxygen atoms in total. The number of nitrogens with one attached hydrogen (secondary N) is 2. The van der Waals surface area contributed by atoms with Gasteiger partial charge in [-0.3, -0.25) is 0 Å². The molecule has 0 saturated carbocycles. The molecule has 7 heteroatoms. The largest absolute Gasteiger partial charge is 0.433 e. The topological polar surface area (TPSA) is 49.8 Å². The van der Waals surface area contributed by atoms with E-state index in [9.17, 15) is 13.2 Å². The van der Waals surface area contributed by atoms with Gasteiger partial charge in [0.2, 0.25) is 5.95 Å². The van der Waals surface area contributed by atoms with Gasteiger partial charge in [0.25, 0.3) is 0 Å². The molecule has 0 spiro atoms. The van der Waals surface area contributed by atoms with Crippen LogP contribution in [0.4, 0.5) is 30.6 Å². The van der Waals surface area contributed by atoms with Crippen molar-refractivity contribution in [2.75, 3.05) is 10.6 Å². The quantitative estimate of drug-likeness (QED) is 0.759. The Morgan fingerprint density at radius 2 is 1.64 bits per heavy atom. The molecule has 0 bridgehead atoms. The van der Waals surface area contributed by atoms with E-state index in [4.69, 9.17) is 0 Å². The standard InChI is InChI=1S/C18H23F3N4/c1-6-13(5)22-17-23-14(18(19,20)21)9-15(25-17)24-16-11(3)7-10(2)8-12(16)4/h7-9,13H,6H2,1-5H3,(H2,22,23,24,25)/t13-/m0/s1. The van der Waals surface area contributed by atoms with E-state index < -0.39 is 11.9 Å². The third-order valence-electron chi connectivity index (χ3n) is 3.93. The van der Waals surface area contributed by atoms with Gasteiger partial charge in [-0.1, -0.05) is 24.6 Å². The number of halogens is 3. The second-order valence-electron chi connectivity index (χ2n) is 6.31. The van der Waals surface area contributed by atoms with Crippen molar-refractivity contribution in [3.63, 3.8) is 0 Å². The lowest BCUT2D eigenvalue weighted by atomic mass is 10.1. The lowest BCUT2D eigenvalue weighted by Crippen LogP contribution is -2.19. The fourth-order valence-electron chi connectivity index (χ4n) is 2.55. The maximum absolute atomic E-state index is 13.2. The number of alkyl halides is 3. The van der Waals surface area contributed by atoms with Crippen LogP contribution >= 0.6 is 0 Å². The molecule has 0 aliphatic heterocycles. The minimum Gasteiger partial charge on any atom is -0.352 e. The van der Waals surface area contributed by atoms with E-state index in [1.807, 2.05) is 46.8 Å². The highest BCUT2D eigenvalue weighted by Crippen LogP contribution is 2.32. The van der Waals surface area contributed by atoms with Crippen LogP contribution in [-0.2, 0) is 6.18 Å². The van der Waals surface area contributed by atoms with Crippen molar-refractivity contribution in [2.24, 2.45) is 0 Å². The molecule has 0 unspecified atom stereocenters. The highest BCUT2D eigenvalue weighted by atomic mass is 19.4. The molecule has 0 radical (unpaired) electrons. The molecule has 1 atom stereocenters. The van der Waals surface area contributed by atoms with Gasteiger partial charge in [0.15, 0.2) is 5.69 Å². The Morgan fingerprint density at radius 1 is 1.04 bits per heavy atom. The molecule has 2 N–H and O–H groups in total. The molecular formula is C18H23F3N4. The van der Waals surface area contributed by atoms with Crippen molar-refractivity contribution in [3.8, 4) is 0 Å². The zero-order valence-electron chi connectivity index (χ0n) is 15.0. The fraction of sp³-hybridized carbons (Fsp3) is 0.444. The smallest absolute Gasteiger partial charge is 0.352 e. The van der Waals surface area contributed by atoms with Crippen LogP contribution < -0.4 is 10.6 Å². The number of hydrogen-bond acceptors (Lipinski definition) is 4. The van der Waals surface area contributed by atoms with Crippen LogP contribution in [-0.4, -0.2) is 16.0 Å². The van der Waals surface area contributed by atoms with Crippen molar-refractivity contribution >= 4 is 17.5 Å². The van der Waals surface area contributed by atoms with Gasteiger partial charge in [-0.2, -0.15) is 18.2 Å². The molecule has 1 aromatic carbocycles. The van der Waals surface area contributed by atoms with E-state index in [-0.39, 0.29) is 17.8 Å². The highest BCUT2D eigenvalue weighted by molar-refractivity contribution is 5.66. The summed E-state index contributed by atoms with van der Waals surface area (Å²) in [7, 11) is 0. The zero-order chi connectivity index (χ0) is 18.8. The second kappa shape index (κ2) is 7.29. The number of benzene rings is 1. The summed E-state index contributed by atoms with van der Waals surface area (Å²) in [6.45, 7) is 9.60. The van der Waals surface area contributed by atoms with E-state index in [1.54, 1.807) is 0 Å². The number of aryl methyl sites for hydroxylation is 3. The summed E-state index contributed by atoms with van der Waals surface area (Å²) in [4.78, 5) is 7.81. The average molecular weight is 352 g/mol. The van der Waals surface area contributed by atoms with E-state index in [0.717, 1.165) is 34.9 Å². The number of anilines is 3. The number of hydrogen-bond donors (Lipinski definition) is 2. The lowest BCUT2D eigenvalue weighted by molar-refractivity contribution is -0.141. The van der Waals surface area contributed by atoms with E-state index in [2.05, 4.69) is 20.6 Å². The molecule has 136 valence electrons. The molecule has 0 aliphatic rings. The Hall–Kier alpha value is -2.31. The molecule has 1 aromatic heterocycles. The minimum absolute atomic E-state index is 0.0285. The molecule has 0 saturated heterocycles. The summed E-state index contributed by atoms with van der Waals surface area (Å²) >= 11 is 0. The van der Waals surface area contributed by atoms with Gasteiger partial charge in [0.1, 0.15) is 5.82 Å². The van der Waals surface area contributed by atoms with Crippen LogP contribution in [0.15, 0.2) is 18.2 Å². The van der Waals surface area contributed by atoms with Crippen molar-refractivity contribution in [2.45, 2.75) is 53.3 Å². The molecular weight excluding hydrogens is 329 g/mol. The molecule has 1 heterocycles. The van der Waals surface area contributed by atoms with E-state index in [1.165, 1.54) is 0 Å². The van der Waals surface area contributed by atoms with Crippen LogP contribution in [0.2, 0.25) is 0 Å². The average Bonchev–Trinajstić information content (AvgIpc) is 2.49. The Morgan fingerprint density at radius 3 is 2.16 bits per heavy atom. The Labute approximate surface area is 145 Å². The normalized spacial score (nSPS) is 12.8. The summed E-state index contributed by atoms with van der Waals surface area (Å²) in [5.74, 6) is 0.0808.